The van der Waals surface area contributed by atoms with Crippen LogP contribution >= 0.6 is 0 Å². The third-order valence-corrected chi connectivity index (χ3v) is 4.88. The first-order valence-corrected chi connectivity index (χ1v) is 8.36. The number of hydrogen-bond acceptors (Lipinski definition) is 2. The fraction of sp³-hybridized carbons (Fsp3) is 0.941. The molecule has 20 heavy (non-hydrogen) atoms. The zero-order valence-electron chi connectivity index (χ0n) is 14.0. The highest BCUT2D eigenvalue weighted by atomic mass is 16.2. The lowest BCUT2D eigenvalue weighted by molar-refractivity contribution is -0.132. The number of carbonyl (C=O) groups excluding carboxylic acids is 1. The molecule has 3 heteroatoms. The quantitative estimate of drug-likeness (QED) is 0.741. The van der Waals surface area contributed by atoms with Crippen LogP contribution in [0.5, 0.6) is 0 Å². The van der Waals surface area contributed by atoms with Crippen molar-refractivity contribution in [1.29, 1.82) is 0 Å². The summed E-state index contributed by atoms with van der Waals surface area (Å²) in [5.41, 5.74) is 5.96. The Bertz CT molecular complexity index is 292. The van der Waals surface area contributed by atoms with Gasteiger partial charge in [-0.3, -0.25) is 4.79 Å². The Kier molecular flexibility index (Phi) is 7.01. The first kappa shape index (κ1) is 17.5. The van der Waals surface area contributed by atoms with E-state index < -0.39 is 0 Å². The molecule has 1 aliphatic rings. The summed E-state index contributed by atoms with van der Waals surface area (Å²) < 4.78 is 0. The summed E-state index contributed by atoms with van der Waals surface area (Å²) in [4.78, 5) is 14.4. The van der Waals surface area contributed by atoms with Gasteiger partial charge in [0, 0.05) is 19.5 Å². The summed E-state index contributed by atoms with van der Waals surface area (Å²) in [5.74, 6) is 1.64. The zero-order chi connectivity index (χ0) is 15.2. The van der Waals surface area contributed by atoms with Crippen LogP contribution in [0, 0.1) is 17.3 Å². The average molecular weight is 282 g/mol. The van der Waals surface area contributed by atoms with Gasteiger partial charge in [-0.25, -0.2) is 0 Å². The van der Waals surface area contributed by atoms with Crippen molar-refractivity contribution in [2.45, 2.75) is 66.2 Å². The van der Waals surface area contributed by atoms with Gasteiger partial charge in [0.2, 0.25) is 5.91 Å². The van der Waals surface area contributed by atoms with Gasteiger partial charge < -0.3 is 10.6 Å². The number of hydrogen-bond donors (Lipinski definition) is 1. The fourth-order valence-corrected chi connectivity index (χ4v) is 3.06. The second kappa shape index (κ2) is 8.02. The van der Waals surface area contributed by atoms with Crippen LogP contribution in [0.1, 0.15) is 66.2 Å². The third kappa shape index (κ3) is 5.43. The molecule has 0 aromatic carbocycles. The topological polar surface area (TPSA) is 46.3 Å². The zero-order valence-corrected chi connectivity index (χ0v) is 14.0. The minimum absolute atomic E-state index is 0.241. The van der Waals surface area contributed by atoms with Crippen molar-refractivity contribution in [2.75, 3.05) is 19.6 Å². The molecule has 2 N–H and O–H groups in total. The van der Waals surface area contributed by atoms with Crippen molar-refractivity contribution < 1.29 is 4.79 Å². The lowest BCUT2D eigenvalue weighted by Crippen LogP contribution is -2.37. The molecule has 0 saturated heterocycles. The Hall–Kier alpha value is -0.570. The maximum Gasteiger partial charge on any atom is 0.222 e. The summed E-state index contributed by atoms with van der Waals surface area (Å²) in [5, 5.41) is 0. The van der Waals surface area contributed by atoms with E-state index in [1.54, 1.807) is 0 Å². The maximum absolute atomic E-state index is 12.4. The largest absolute Gasteiger partial charge is 0.343 e. The van der Waals surface area contributed by atoms with E-state index in [0.717, 1.165) is 38.4 Å². The van der Waals surface area contributed by atoms with Gasteiger partial charge in [-0.15, -0.1) is 0 Å². The second-order valence-corrected chi connectivity index (χ2v) is 7.41. The molecular formula is C17H34N2O. The summed E-state index contributed by atoms with van der Waals surface area (Å²) in [6.07, 6.45) is 6.64. The highest BCUT2D eigenvalue weighted by Gasteiger charge is 2.26. The molecule has 0 aliphatic heterocycles. The van der Waals surface area contributed by atoms with Crippen molar-refractivity contribution in [3.8, 4) is 0 Å². The van der Waals surface area contributed by atoms with E-state index in [9.17, 15) is 4.79 Å². The van der Waals surface area contributed by atoms with Crippen molar-refractivity contribution in [1.82, 2.24) is 4.90 Å². The summed E-state index contributed by atoms with van der Waals surface area (Å²) in [6, 6.07) is 0. The minimum Gasteiger partial charge on any atom is -0.343 e. The lowest BCUT2D eigenvalue weighted by atomic mass is 9.76. The molecule has 118 valence electrons. The van der Waals surface area contributed by atoms with Gasteiger partial charge in [0.1, 0.15) is 0 Å². The Morgan fingerprint density at radius 3 is 2.35 bits per heavy atom. The van der Waals surface area contributed by atoms with Crippen molar-refractivity contribution >= 4 is 5.91 Å². The SMILES string of the molecule is CCN(CC1CCC1)C(=O)CCC(CCN)C(C)(C)C. The molecule has 1 saturated carbocycles. The molecule has 1 unspecified atom stereocenters. The van der Waals surface area contributed by atoms with Crippen LogP contribution in [0.2, 0.25) is 0 Å². The average Bonchev–Trinajstić information content (AvgIpc) is 2.31. The Balaban J connectivity index is 2.41. The van der Waals surface area contributed by atoms with Crippen LogP contribution in [0.4, 0.5) is 0 Å². The van der Waals surface area contributed by atoms with E-state index in [-0.39, 0.29) is 5.41 Å². The highest BCUT2D eigenvalue weighted by molar-refractivity contribution is 5.76. The van der Waals surface area contributed by atoms with Crippen LogP contribution < -0.4 is 5.73 Å². The molecule has 0 bridgehead atoms. The van der Waals surface area contributed by atoms with Crippen molar-refractivity contribution in [3.63, 3.8) is 0 Å². The normalized spacial score (nSPS) is 17.6. The molecule has 1 rings (SSSR count). The van der Waals surface area contributed by atoms with Gasteiger partial charge >= 0.3 is 0 Å². The maximum atomic E-state index is 12.4. The molecule has 3 nitrogen and oxygen atoms in total. The van der Waals surface area contributed by atoms with E-state index >= 15 is 0 Å². The van der Waals surface area contributed by atoms with E-state index in [2.05, 4.69) is 32.6 Å². The number of nitrogens with zero attached hydrogens (tertiary/aromatic N) is 1. The van der Waals surface area contributed by atoms with Gasteiger partial charge in [0.05, 0.1) is 0 Å². The van der Waals surface area contributed by atoms with E-state index in [4.69, 9.17) is 5.73 Å². The summed E-state index contributed by atoms with van der Waals surface area (Å²) >= 11 is 0. The van der Waals surface area contributed by atoms with Gasteiger partial charge in [0.25, 0.3) is 0 Å². The van der Waals surface area contributed by atoms with Gasteiger partial charge in [-0.1, -0.05) is 27.2 Å². The summed E-state index contributed by atoms with van der Waals surface area (Å²) in [6.45, 7) is 11.4. The molecule has 0 heterocycles. The predicted octanol–water partition coefficient (Wildman–Crippen LogP) is 3.43. The van der Waals surface area contributed by atoms with Crippen LogP contribution in [0.15, 0.2) is 0 Å². The Morgan fingerprint density at radius 1 is 1.30 bits per heavy atom. The standard InChI is InChI=1S/C17H34N2O/c1-5-19(13-14-7-6-8-14)16(20)10-9-15(11-12-18)17(2,3)4/h14-15H,5-13,18H2,1-4H3. The molecule has 1 aliphatic carbocycles. The molecule has 1 amide bonds. The first-order valence-electron chi connectivity index (χ1n) is 8.36. The molecule has 1 atom stereocenters. The van der Waals surface area contributed by atoms with Crippen LogP contribution in [-0.4, -0.2) is 30.4 Å². The van der Waals surface area contributed by atoms with Crippen LogP contribution in [0.25, 0.3) is 0 Å². The van der Waals surface area contributed by atoms with Crippen molar-refractivity contribution in [2.24, 2.45) is 23.0 Å². The second-order valence-electron chi connectivity index (χ2n) is 7.41. The van der Waals surface area contributed by atoms with E-state index in [1.807, 2.05) is 0 Å². The molecule has 0 radical (unpaired) electrons. The lowest BCUT2D eigenvalue weighted by Gasteiger charge is -2.33. The first-order chi connectivity index (χ1) is 9.38. The van der Waals surface area contributed by atoms with E-state index in [0.29, 0.717) is 18.2 Å². The Morgan fingerprint density at radius 2 is 1.95 bits per heavy atom. The molecule has 0 aromatic heterocycles. The Labute approximate surface area is 125 Å². The highest BCUT2D eigenvalue weighted by Crippen LogP contribution is 2.32. The molecule has 0 aromatic rings. The smallest absolute Gasteiger partial charge is 0.222 e. The van der Waals surface area contributed by atoms with Gasteiger partial charge in [0.15, 0.2) is 0 Å². The molecule has 0 spiro atoms. The van der Waals surface area contributed by atoms with E-state index in [1.165, 1.54) is 19.3 Å². The molecule has 1 fully saturated rings. The number of carbonyl (C=O) groups is 1. The van der Waals surface area contributed by atoms with Crippen LogP contribution in [0.3, 0.4) is 0 Å². The summed E-state index contributed by atoms with van der Waals surface area (Å²) in [7, 11) is 0. The molecular weight excluding hydrogens is 248 g/mol. The minimum atomic E-state index is 0.241. The predicted molar refractivity (Wildman–Crippen MR) is 85.4 cm³/mol. The van der Waals surface area contributed by atoms with Crippen molar-refractivity contribution in [3.05, 3.63) is 0 Å². The third-order valence-electron chi connectivity index (χ3n) is 4.88. The van der Waals surface area contributed by atoms with Gasteiger partial charge in [-0.2, -0.15) is 0 Å². The fourth-order valence-electron chi connectivity index (χ4n) is 3.06. The number of nitrogens with two attached hydrogens (primary N) is 1. The van der Waals surface area contributed by atoms with Crippen LogP contribution in [-0.2, 0) is 4.79 Å². The monoisotopic (exact) mass is 282 g/mol. The number of rotatable bonds is 8. The number of amides is 1. The van der Waals surface area contributed by atoms with Gasteiger partial charge in [-0.05, 0) is 56.4 Å².